The van der Waals surface area contributed by atoms with E-state index >= 15 is 0 Å². The molecule has 1 saturated carbocycles. The first-order valence-corrected chi connectivity index (χ1v) is 11.5. The zero-order valence-electron chi connectivity index (χ0n) is 18.3. The molecule has 2 unspecified atom stereocenters. The topological polar surface area (TPSA) is 72.1 Å². The molecule has 0 bridgehead atoms. The van der Waals surface area contributed by atoms with Crippen LogP contribution in [0.2, 0.25) is 0 Å². The Bertz CT molecular complexity index is 898. The molecule has 1 N–H and O–H groups in total. The van der Waals surface area contributed by atoms with Crippen molar-refractivity contribution in [2.24, 2.45) is 0 Å². The van der Waals surface area contributed by atoms with Crippen molar-refractivity contribution in [3.05, 3.63) is 47.9 Å². The van der Waals surface area contributed by atoms with Gasteiger partial charge in [-0.2, -0.15) is 0 Å². The average Bonchev–Trinajstić information content (AvgIpc) is 3.25. The molecule has 31 heavy (non-hydrogen) atoms. The van der Waals surface area contributed by atoms with E-state index in [0.29, 0.717) is 25.2 Å². The van der Waals surface area contributed by atoms with Gasteiger partial charge in [0.1, 0.15) is 5.58 Å². The summed E-state index contributed by atoms with van der Waals surface area (Å²) >= 11 is 0. The summed E-state index contributed by atoms with van der Waals surface area (Å²) in [7, 11) is 1.89. The molecular weight excluding hydrogens is 394 g/mol. The average molecular weight is 428 g/mol. The number of amides is 1. The molecule has 1 aliphatic heterocycles. The number of aliphatic hydroxyl groups excluding tert-OH is 1. The highest BCUT2D eigenvalue weighted by Gasteiger charge is 2.33. The van der Waals surface area contributed by atoms with Crippen molar-refractivity contribution in [1.29, 1.82) is 0 Å². The number of likely N-dealkylation sites (N-methyl/N-ethyl adjacent to an activating group) is 1. The minimum absolute atomic E-state index is 0.0288. The predicted octanol–water partition coefficient (Wildman–Crippen LogP) is 4.73. The number of allylic oxidation sites excluding steroid dienone is 1. The third kappa shape index (κ3) is 5.13. The lowest BCUT2D eigenvalue weighted by molar-refractivity contribution is -0.153. The van der Waals surface area contributed by atoms with Crippen molar-refractivity contribution >= 4 is 16.9 Å². The number of aliphatic hydroxyl groups is 1. The van der Waals surface area contributed by atoms with Crippen LogP contribution in [-0.4, -0.2) is 48.5 Å². The summed E-state index contributed by atoms with van der Waals surface area (Å²) in [5, 5.41) is 10.1. The van der Waals surface area contributed by atoms with Gasteiger partial charge in [-0.1, -0.05) is 37.5 Å². The zero-order valence-corrected chi connectivity index (χ0v) is 18.3. The fourth-order valence-electron chi connectivity index (χ4n) is 4.65. The molecule has 6 heteroatoms. The molecule has 1 amide bonds. The Kier molecular flexibility index (Phi) is 7.30. The standard InChI is InChI=1S/C25H33NO5/c1-26(19-9-3-2-4-10-19)25(28)23-15-18(16-24(31-23)29-14-8-7-13-27)21-17-30-22-12-6-5-11-20(21)22/h5-6,11-12,15,17-19,24,27H,2-4,7-10,13-14,16H2,1H3. The fourth-order valence-corrected chi connectivity index (χ4v) is 4.65. The molecule has 0 saturated heterocycles. The zero-order chi connectivity index (χ0) is 21.6. The molecule has 168 valence electrons. The highest BCUT2D eigenvalue weighted by atomic mass is 16.7. The lowest BCUT2D eigenvalue weighted by Gasteiger charge is -2.34. The van der Waals surface area contributed by atoms with E-state index in [2.05, 4.69) is 0 Å². The van der Waals surface area contributed by atoms with Gasteiger partial charge in [0.15, 0.2) is 5.76 Å². The van der Waals surface area contributed by atoms with E-state index in [9.17, 15) is 4.79 Å². The number of carbonyl (C=O) groups is 1. The SMILES string of the molecule is CN(C(=O)C1=CC(c2coc3ccccc23)CC(OCCCCO)O1)C1CCCCC1. The highest BCUT2D eigenvalue weighted by Crippen LogP contribution is 2.37. The Morgan fingerprint density at radius 3 is 2.81 bits per heavy atom. The maximum absolute atomic E-state index is 13.3. The van der Waals surface area contributed by atoms with Gasteiger partial charge in [0.05, 0.1) is 12.9 Å². The van der Waals surface area contributed by atoms with Crippen molar-refractivity contribution in [3.8, 4) is 0 Å². The number of fused-ring (bicyclic) bond motifs is 1. The van der Waals surface area contributed by atoms with Crippen LogP contribution in [0.5, 0.6) is 0 Å². The first-order valence-electron chi connectivity index (χ1n) is 11.5. The van der Waals surface area contributed by atoms with E-state index in [0.717, 1.165) is 35.8 Å². The number of unbranched alkanes of at least 4 members (excludes halogenated alkanes) is 1. The van der Waals surface area contributed by atoms with Gasteiger partial charge in [0, 0.05) is 43.0 Å². The minimum atomic E-state index is -0.499. The van der Waals surface area contributed by atoms with E-state index in [1.807, 2.05) is 42.3 Å². The van der Waals surface area contributed by atoms with Gasteiger partial charge in [0.2, 0.25) is 6.29 Å². The van der Waals surface area contributed by atoms with E-state index < -0.39 is 6.29 Å². The molecule has 0 spiro atoms. The Labute approximate surface area is 183 Å². The Hall–Kier alpha value is -2.31. The van der Waals surface area contributed by atoms with Crippen molar-refractivity contribution in [1.82, 2.24) is 4.90 Å². The van der Waals surface area contributed by atoms with Crippen molar-refractivity contribution in [2.45, 2.75) is 69.6 Å². The number of ether oxygens (including phenoxy) is 2. The second-order valence-electron chi connectivity index (χ2n) is 8.62. The van der Waals surface area contributed by atoms with Gasteiger partial charge in [-0.3, -0.25) is 4.79 Å². The van der Waals surface area contributed by atoms with Crippen molar-refractivity contribution in [3.63, 3.8) is 0 Å². The van der Waals surface area contributed by atoms with E-state index in [4.69, 9.17) is 19.0 Å². The van der Waals surface area contributed by atoms with Gasteiger partial charge in [0.25, 0.3) is 5.91 Å². The smallest absolute Gasteiger partial charge is 0.288 e. The molecule has 2 aliphatic rings. The summed E-state index contributed by atoms with van der Waals surface area (Å²) in [6, 6.07) is 8.22. The Balaban J connectivity index is 1.56. The largest absolute Gasteiger partial charge is 0.464 e. The van der Waals surface area contributed by atoms with Gasteiger partial charge >= 0.3 is 0 Å². The molecule has 0 radical (unpaired) electrons. The molecule has 1 aromatic heterocycles. The highest BCUT2D eigenvalue weighted by molar-refractivity contribution is 5.92. The fraction of sp³-hybridized carbons (Fsp3) is 0.560. The molecule has 1 fully saturated rings. The molecule has 2 heterocycles. The number of nitrogens with zero attached hydrogens (tertiary/aromatic N) is 1. The lowest BCUT2D eigenvalue weighted by atomic mass is 9.91. The van der Waals surface area contributed by atoms with Crippen LogP contribution in [0.15, 0.2) is 46.8 Å². The van der Waals surface area contributed by atoms with Crippen molar-refractivity contribution < 1.29 is 23.8 Å². The molecule has 1 aromatic carbocycles. The summed E-state index contributed by atoms with van der Waals surface area (Å²) in [6.07, 6.45) is 11.0. The third-order valence-corrected chi connectivity index (χ3v) is 6.48. The van der Waals surface area contributed by atoms with Crippen LogP contribution in [0.3, 0.4) is 0 Å². The second-order valence-corrected chi connectivity index (χ2v) is 8.62. The summed E-state index contributed by atoms with van der Waals surface area (Å²) in [5.74, 6) is 0.258. The van der Waals surface area contributed by atoms with E-state index in [1.54, 1.807) is 6.26 Å². The number of furan rings is 1. The maximum Gasteiger partial charge on any atom is 0.288 e. The van der Waals surface area contributed by atoms with Crippen molar-refractivity contribution in [2.75, 3.05) is 20.3 Å². The van der Waals surface area contributed by atoms with Gasteiger partial charge in [-0.05, 0) is 37.8 Å². The normalized spacial score (nSPS) is 22.2. The third-order valence-electron chi connectivity index (χ3n) is 6.48. The number of rotatable bonds is 8. The minimum Gasteiger partial charge on any atom is -0.464 e. The van der Waals surface area contributed by atoms with Crippen LogP contribution in [0, 0.1) is 0 Å². The van der Waals surface area contributed by atoms with Gasteiger partial charge in [-0.15, -0.1) is 0 Å². The molecule has 2 aromatic rings. The summed E-state index contributed by atoms with van der Waals surface area (Å²) in [6.45, 7) is 0.637. The van der Waals surface area contributed by atoms with E-state index in [1.165, 1.54) is 19.3 Å². The van der Waals surface area contributed by atoms with Crippen LogP contribution in [0.25, 0.3) is 11.0 Å². The van der Waals surface area contributed by atoms with Gasteiger partial charge in [-0.25, -0.2) is 0 Å². The molecule has 4 rings (SSSR count). The van der Waals surface area contributed by atoms with Crippen LogP contribution in [0.1, 0.15) is 62.8 Å². The monoisotopic (exact) mass is 427 g/mol. The van der Waals surface area contributed by atoms with Gasteiger partial charge < -0.3 is 23.9 Å². The van der Waals surface area contributed by atoms with Crippen LogP contribution >= 0.6 is 0 Å². The maximum atomic E-state index is 13.3. The quantitative estimate of drug-likeness (QED) is 0.617. The lowest BCUT2D eigenvalue weighted by Crippen LogP contribution is -2.41. The molecule has 1 aliphatic carbocycles. The Morgan fingerprint density at radius 2 is 2.00 bits per heavy atom. The number of para-hydroxylation sites is 1. The summed E-state index contributed by atoms with van der Waals surface area (Å²) in [5.41, 5.74) is 1.89. The number of hydrogen-bond donors (Lipinski definition) is 1. The van der Waals surface area contributed by atoms with Crippen LogP contribution in [0.4, 0.5) is 0 Å². The Morgan fingerprint density at radius 1 is 1.19 bits per heavy atom. The number of carbonyl (C=O) groups excluding carboxylic acids is 1. The molecule has 6 nitrogen and oxygen atoms in total. The molecule has 2 atom stereocenters. The first-order chi connectivity index (χ1) is 15.2. The first kappa shape index (κ1) is 21.9. The summed E-state index contributed by atoms with van der Waals surface area (Å²) < 4.78 is 17.7. The summed E-state index contributed by atoms with van der Waals surface area (Å²) in [4.78, 5) is 15.2. The number of hydrogen-bond acceptors (Lipinski definition) is 5. The number of benzene rings is 1. The van der Waals surface area contributed by atoms with Crippen LogP contribution in [-0.2, 0) is 14.3 Å². The predicted molar refractivity (Wildman–Crippen MR) is 118 cm³/mol. The second kappa shape index (κ2) is 10.3. The van der Waals surface area contributed by atoms with E-state index in [-0.39, 0.29) is 24.5 Å². The molecular formula is C25H33NO5. The van der Waals surface area contributed by atoms with Crippen LogP contribution < -0.4 is 0 Å².